The normalized spacial score (nSPS) is 14.2. The largest absolute Gasteiger partial charge is 0.326 e. The standard InChI is InChI=1S/C15H13ClFN5OS/c16-10-7-9(3-4-11(10)17)18-12(23)5-6-13-21-22-14(8-1-2-8)19-20-15(22)24-13/h3-4,7-8H,1-2,5-6H2,(H,18,23). The molecule has 1 saturated carbocycles. The summed E-state index contributed by atoms with van der Waals surface area (Å²) >= 11 is 7.14. The van der Waals surface area contributed by atoms with Crippen molar-refractivity contribution in [3.63, 3.8) is 0 Å². The summed E-state index contributed by atoms with van der Waals surface area (Å²) in [5.74, 6) is 0.700. The van der Waals surface area contributed by atoms with Gasteiger partial charge in [-0.1, -0.05) is 22.9 Å². The summed E-state index contributed by atoms with van der Waals surface area (Å²) in [6.45, 7) is 0. The van der Waals surface area contributed by atoms with Crippen molar-refractivity contribution in [2.24, 2.45) is 0 Å². The first-order chi connectivity index (χ1) is 11.6. The maximum absolute atomic E-state index is 13.1. The number of hydrogen-bond donors (Lipinski definition) is 1. The highest BCUT2D eigenvalue weighted by molar-refractivity contribution is 7.16. The molecule has 3 aromatic rings. The van der Waals surface area contributed by atoms with Gasteiger partial charge in [-0.3, -0.25) is 4.79 Å². The zero-order valence-electron chi connectivity index (χ0n) is 12.5. The third kappa shape index (κ3) is 3.11. The Morgan fingerprint density at radius 2 is 2.25 bits per heavy atom. The van der Waals surface area contributed by atoms with E-state index < -0.39 is 5.82 Å². The lowest BCUT2D eigenvalue weighted by molar-refractivity contribution is -0.116. The highest BCUT2D eigenvalue weighted by Crippen LogP contribution is 2.39. The Balaban J connectivity index is 1.39. The van der Waals surface area contributed by atoms with E-state index >= 15 is 0 Å². The van der Waals surface area contributed by atoms with Crippen LogP contribution in [0.5, 0.6) is 0 Å². The maximum atomic E-state index is 13.1. The number of amides is 1. The number of aromatic nitrogens is 4. The number of hydrogen-bond acceptors (Lipinski definition) is 5. The lowest BCUT2D eigenvalue weighted by atomic mass is 10.2. The molecule has 2 heterocycles. The molecule has 0 radical (unpaired) electrons. The summed E-state index contributed by atoms with van der Waals surface area (Å²) in [5, 5.41) is 16.3. The van der Waals surface area contributed by atoms with Gasteiger partial charge in [-0.05, 0) is 31.0 Å². The summed E-state index contributed by atoms with van der Waals surface area (Å²) in [7, 11) is 0. The van der Waals surface area contributed by atoms with E-state index in [4.69, 9.17) is 11.6 Å². The summed E-state index contributed by atoms with van der Waals surface area (Å²) in [4.78, 5) is 12.8. The third-order valence-corrected chi connectivity index (χ3v) is 5.02. The van der Waals surface area contributed by atoms with Crippen LogP contribution in [0.1, 0.15) is 36.0 Å². The number of aryl methyl sites for hydroxylation is 1. The average molecular weight is 366 g/mol. The Kier molecular flexibility index (Phi) is 3.93. The number of nitrogens with zero attached hydrogens (tertiary/aromatic N) is 4. The number of carbonyl (C=O) groups excluding carboxylic acids is 1. The fraction of sp³-hybridized carbons (Fsp3) is 0.333. The number of carbonyl (C=O) groups is 1. The quantitative estimate of drug-likeness (QED) is 0.751. The van der Waals surface area contributed by atoms with Crippen LogP contribution in [0.4, 0.5) is 10.1 Å². The van der Waals surface area contributed by atoms with Crippen molar-refractivity contribution < 1.29 is 9.18 Å². The SMILES string of the molecule is O=C(CCc1nn2c(C3CC3)nnc2s1)Nc1ccc(F)c(Cl)c1. The van der Waals surface area contributed by atoms with Crippen LogP contribution in [0.3, 0.4) is 0 Å². The van der Waals surface area contributed by atoms with E-state index in [2.05, 4.69) is 20.6 Å². The van der Waals surface area contributed by atoms with Crippen LogP contribution in [0.25, 0.3) is 4.96 Å². The molecule has 0 atom stereocenters. The van der Waals surface area contributed by atoms with Crippen molar-refractivity contribution in [2.75, 3.05) is 5.32 Å². The first-order valence-corrected chi connectivity index (χ1v) is 8.75. The minimum atomic E-state index is -0.513. The number of anilines is 1. The Morgan fingerprint density at radius 3 is 3.00 bits per heavy atom. The molecule has 0 spiro atoms. The van der Waals surface area contributed by atoms with Crippen LogP contribution in [0.2, 0.25) is 5.02 Å². The molecule has 1 aliphatic carbocycles. The predicted octanol–water partition coefficient (Wildman–Crippen LogP) is 3.43. The molecule has 1 fully saturated rings. The van der Waals surface area contributed by atoms with Gasteiger partial charge in [0.1, 0.15) is 10.8 Å². The molecule has 1 amide bonds. The third-order valence-electron chi connectivity index (χ3n) is 3.77. The molecule has 0 aliphatic heterocycles. The van der Waals surface area contributed by atoms with Gasteiger partial charge in [-0.2, -0.15) is 9.61 Å². The van der Waals surface area contributed by atoms with Gasteiger partial charge in [0.15, 0.2) is 5.82 Å². The molecule has 6 nitrogen and oxygen atoms in total. The summed E-state index contributed by atoms with van der Waals surface area (Å²) in [6, 6.07) is 4.09. The first-order valence-electron chi connectivity index (χ1n) is 7.56. The molecule has 1 N–H and O–H groups in total. The molecule has 2 aromatic heterocycles. The Hall–Kier alpha value is -2.06. The summed E-state index contributed by atoms with van der Waals surface area (Å²) in [6.07, 6.45) is 3.06. The van der Waals surface area contributed by atoms with Crippen molar-refractivity contribution in [3.05, 3.63) is 39.9 Å². The lowest BCUT2D eigenvalue weighted by Gasteiger charge is -2.05. The van der Waals surface area contributed by atoms with E-state index in [1.54, 1.807) is 4.52 Å². The van der Waals surface area contributed by atoms with Gasteiger partial charge >= 0.3 is 0 Å². The van der Waals surface area contributed by atoms with E-state index in [0.717, 1.165) is 28.6 Å². The molecule has 0 bridgehead atoms. The number of benzene rings is 1. The van der Waals surface area contributed by atoms with Crippen LogP contribution < -0.4 is 5.32 Å². The molecule has 24 heavy (non-hydrogen) atoms. The van der Waals surface area contributed by atoms with Crippen molar-refractivity contribution in [3.8, 4) is 0 Å². The Morgan fingerprint density at radius 1 is 1.42 bits per heavy atom. The number of rotatable bonds is 5. The van der Waals surface area contributed by atoms with Crippen LogP contribution in [0, 0.1) is 5.82 Å². The average Bonchev–Trinajstić information content (AvgIpc) is 3.18. The molecule has 4 rings (SSSR count). The van der Waals surface area contributed by atoms with E-state index in [-0.39, 0.29) is 17.4 Å². The van der Waals surface area contributed by atoms with Gasteiger partial charge in [-0.25, -0.2) is 4.39 Å². The topological polar surface area (TPSA) is 72.2 Å². The minimum absolute atomic E-state index is 0.0194. The summed E-state index contributed by atoms with van der Waals surface area (Å²) < 4.78 is 14.9. The second-order valence-electron chi connectivity index (χ2n) is 5.70. The Bertz CT molecular complexity index is 920. The van der Waals surface area contributed by atoms with Gasteiger partial charge < -0.3 is 5.32 Å². The monoisotopic (exact) mass is 365 g/mol. The second kappa shape index (κ2) is 6.10. The number of fused-ring (bicyclic) bond motifs is 1. The lowest BCUT2D eigenvalue weighted by Crippen LogP contribution is -2.12. The second-order valence-corrected chi connectivity index (χ2v) is 7.15. The van der Waals surface area contributed by atoms with Gasteiger partial charge in [0, 0.05) is 24.4 Å². The van der Waals surface area contributed by atoms with Crippen molar-refractivity contribution in [1.82, 2.24) is 19.8 Å². The molecule has 1 aromatic carbocycles. The zero-order chi connectivity index (χ0) is 16.7. The van der Waals surface area contributed by atoms with Gasteiger partial charge in [-0.15, -0.1) is 10.2 Å². The number of halogens is 2. The predicted molar refractivity (Wildman–Crippen MR) is 89.0 cm³/mol. The molecular weight excluding hydrogens is 353 g/mol. The van der Waals surface area contributed by atoms with E-state index in [0.29, 0.717) is 18.0 Å². The first kappa shape index (κ1) is 15.5. The van der Waals surface area contributed by atoms with Gasteiger partial charge in [0.05, 0.1) is 5.02 Å². The molecular formula is C15H13ClFN5OS. The molecule has 9 heteroatoms. The van der Waals surface area contributed by atoms with E-state index in [9.17, 15) is 9.18 Å². The van der Waals surface area contributed by atoms with Crippen molar-refractivity contribution in [1.29, 1.82) is 0 Å². The van der Waals surface area contributed by atoms with E-state index in [1.165, 1.54) is 29.5 Å². The highest BCUT2D eigenvalue weighted by atomic mass is 35.5. The fourth-order valence-electron chi connectivity index (χ4n) is 2.39. The van der Waals surface area contributed by atoms with Gasteiger partial charge in [0.25, 0.3) is 0 Å². The Labute approximate surface area is 145 Å². The summed E-state index contributed by atoms with van der Waals surface area (Å²) in [5.41, 5.74) is 0.473. The number of nitrogens with one attached hydrogen (secondary N) is 1. The molecule has 0 saturated heterocycles. The molecule has 124 valence electrons. The van der Waals surface area contributed by atoms with Crippen LogP contribution in [0.15, 0.2) is 18.2 Å². The van der Waals surface area contributed by atoms with Gasteiger partial charge in [0.2, 0.25) is 10.9 Å². The minimum Gasteiger partial charge on any atom is -0.326 e. The molecule has 0 unspecified atom stereocenters. The fourth-order valence-corrected chi connectivity index (χ4v) is 3.41. The smallest absolute Gasteiger partial charge is 0.234 e. The zero-order valence-corrected chi connectivity index (χ0v) is 14.1. The van der Waals surface area contributed by atoms with Crippen LogP contribution in [-0.4, -0.2) is 25.7 Å². The van der Waals surface area contributed by atoms with Crippen molar-refractivity contribution >= 4 is 39.5 Å². The highest BCUT2D eigenvalue weighted by Gasteiger charge is 2.30. The molecule has 1 aliphatic rings. The maximum Gasteiger partial charge on any atom is 0.234 e. The van der Waals surface area contributed by atoms with Crippen LogP contribution >= 0.6 is 22.9 Å². The van der Waals surface area contributed by atoms with E-state index in [1.807, 2.05) is 0 Å². The van der Waals surface area contributed by atoms with Crippen LogP contribution in [-0.2, 0) is 11.2 Å². The van der Waals surface area contributed by atoms with Crippen molar-refractivity contribution in [2.45, 2.75) is 31.6 Å².